The number of rotatable bonds is 6. The average molecular weight is 290 g/mol. The fourth-order valence-electron chi connectivity index (χ4n) is 1.61. The zero-order valence-corrected chi connectivity index (χ0v) is 13.0. The molecule has 0 aliphatic rings. The highest BCUT2D eigenvalue weighted by atomic mass is 16.5. The van der Waals surface area contributed by atoms with Gasteiger partial charge in [-0.05, 0) is 45.0 Å². The van der Waals surface area contributed by atoms with Crippen LogP contribution in [-0.2, 0) is 9.53 Å². The molecule has 0 bridgehead atoms. The Morgan fingerprint density at radius 1 is 1.24 bits per heavy atom. The molecule has 0 unspecified atom stereocenters. The first-order chi connectivity index (χ1) is 9.79. The Balaban J connectivity index is 2.90. The van der Waals surface area contributed by atoms with Crippen LogP contribution in [0.2, 0.25) is 0 Å². The van der Waals surface area contributed by atoms with Crippen LogP contribution in [0.25, 0.3) is 0 Å². The molecule has 0 fully saturated rings. The first-order valence-electron chi connectivity index (χ1n) is 6.80. The lowest BCUT2D eigenvalue weighted by Gasteiger charge is -2.22. The van der Waals surface area contributed by atoms with E-state index in [9.17, 15) is 9.59 Å². The second kappa shape index (κ2) is 7.07. The lowest BCUT2D eigenvalue weighted by Crippen LogP contribution is -2.32. The topological polar surface area (TPSA) is 52.6 Å². The molecule has 0 spiro atoms. The largest absolute Gasteiger partial charge is 0.497 e. The van der Waals surface area contributed by atoms with E-state index in [0.29, 0.717) is 11.3 Å². The molecule has 0 aromatic heterocycles. The molecule has 1 atom stereocenters. The maximum Gasteiger partial charge on any atom is 0.311 e. The molecule has 1 rings (SSSR count). The highest BCUT2D eigenvalue weighted by Crippen LogP contribution is 2.20. The minimum atomic E-state index is -0.845. The van der Waals surface area contributed by atoms with Gasteiger partial charge >= 0.3 is 5.97 Å². The Kier molecular flexibility index (Phi) is 5.70. The van der Waals surface area contributed by atoms with E-state index >= 15 is 0 Å². The Morgan fingerprint density at radius 3 is 2.24 bits per heavy atom. The van der Waals surface area contributed by atoms with Crippen molar-refractivity contribution in [3.63, 3.8) is 0 Å². The van der Waals surface area contributed by atoms with E-state index in [1.165, 1.54) is 0 Å². The van der Waals surface area contributed by atoms with E-state index in [4.69, 9.17) is 9.47 Å². The number of carbonyl (C=O) groups is 2. The first kappa shape index (κ1) is 17.0. The van der Waals surface area contributed by atoms with E-state index in [0.717, 1.165) is 0 Å². The van der Waals surface area contributed by atoms with Gasteiger partial charge in [0.15, 0.2) is 6.10 Å². The fourth-order valence-corrected chi connectivity index (χ4v) is 1.61. The third-order valence-corrected chi connectivity index (χ3v) is 2.91. The zero-order chi connectivity index (χ0) is 16.0. The monoisotopic (exact) mass is 290 g/mol. The maximum absolute atomic E-state index is 12.4. The fraction of sp³-hybridized carbons (Fsp3) is 0.412. The van der Waals surface area contributed by atoms with Crippen LogP contribution in [0.5, 0.6) is 5.75 Å². The van der Waals surface area contributed by atoms with E-state index in [2.05, 4.69) is 6.58 Å². The van der Waals surface area contributed by atoms with Crippen molar-refractivity contribution >= 4 is 11.8 Å². The summed E-state index contributed by atoms with van der Waals surface area (Å²) in [6, 6.07) is 6.71. The molecule has 0 saturated heterocycles. The summed E-state index contributed by atoms with van der Waals surface area (Å²) in [7, 11) is 1.56. The summed E-state index contributed by atoms with van der Waals surface area (Å²) in [6.45, 7) is 8.85. The smallest absolute Gasteiger partial charge is 0.311 e. The second-order valence-electron chi connectivity index (χ2n) is 5.76. The quantitative estimate of drug-likeness (QED) is 0.457. The van der Waals surface area contributed by atoms with Crippen molar-refractivity contribution in [3.8, 4) is 5.75 Å². The maximum atomic E-state index is 12.4. The van der Waals surface area contributed by atoms with Gasteiger partial charge in [0, 0.05) is 12.0 Å². The van der Waals surface area contributed by atoms with E-state index in [1.807, 2.05) is 0 Å². The molecule has 21 heavy (non-hydrogen) atoms. The predicted octanol–water partition coefficient (Wildman–Crippen LogP) is 3.41. The van der Waals surface area contributed by atoms with Crippen LogP contribution < -0.4 is 4.74 Å². The number of Topliss-reactive ketones (excluding diaryl/α,β-unsaturated/α-hetero) is 1. The van der Waals surface area contributed by atoms with Gasteiger partial charge in [-0.25, -0.2) is 0 Å². The highest BCUT2D eigenvalue weighted by molar-refractivity contribution is 6.00. The Morgan fingerprint density at radius 2 is 1.81 bits per heavy atom. The van der Waals surface area contributed by atoms with Gasteiger partial charge in [-0.3, -0.25) is 9.59 Å². The Labute approximate surface area is 125 Å². The lowest BCUT2D eigenvalue weighted by molar-refractivity contribution is -0.156. The van der Waals surface area contributed by atoms with Crippen LogP contribution in [0.1, 0.15) is 37.6 Å². The highest BCUT2D eigenvalue weighted by Gasteiger charge is 2.29. The summed E-state index contributed by atoms with van der Waals surface area (Å²) < 4.78 is 10.4. The van der Waals surface area contributed by atoms with E-state index in [-0.39, 0.29) is 12.2 Å². The van der Waals surface area contributed by atoms with Gasteiger partial charge in [-0.1, -0.05) is 6.08 Å². The molecule has 1 aromatic carbocycles. The van der Waals surface area contributed by atoms with E-state index in [1.54, 1.807) is 58.2 Å². The number of methoxy groups -OCH3 is 1. The van der Waals surface area contributed by atoms with Crippen LogP contribution in [0.3, 0.4) is 0 Å². The minimum Gasteiger partial charge on any atom is -0.497 e. The molecule has 0 aliphatic heterocycles. The van der Waals surface area contributed by atoms with Crippen molar-refractivity contribution in [2.75, 3.05) is 7.11 Å². The van der Waals surface area contributed by atoms with Gasteiger partial charge in [0.05, 0.1) is 12.5 Å². The Bertz CT molecular complexity index is 509. The number of carbonyl (C=O) groups excluding carboxylic acids is 2. The molecule has 0 N–H and O–H groups in total. The molecule has 1 aromatic rings. The van der Waals surface area contributed by atoms with Crippen LogP contribution in [0.4, 0.5) is 0 Å². The Hall–Kier alpha value is -2.10. The van der Waals surface area contributed by atoms with Crippen molar-refractivity contribution in [2.45, 2.75) is 33.3 Å². The van der Waals surface area contributed by atoms with Gasteiger partial charge < -0.3 is 9.47 Å². The van der Waals surface area contributed by atoms with Gasteiger partial charge in [-0.2, -0.15) is 0 Å². The SMILES string of the molecule is C=CC[C@H](OC(=O)C(C)(C)C)C(=O)c1ccc(OC)cc1. The molecular formula is C17H22O4. The van der Waals surface area contributed by atoms with Crippen LogP contribution >= 0.6 is 0 Å². The molecule has 114 valence electrons. The number of esters is 1. The number of benzene rings is 1. The summed E-state index contributed by atoms with van der Waals surface area (Å²) in [5.74, 6) is 0.0184. The van der Waals surface area contributed by atoms with Crippen LogP contribution in [-0.4, -0.2) is 25.0 Å². The van der Waals surface area contributed by atoms with Crippen LogP contribution in [0.15, 0.2) is 36.9 Å². The first-order valence-corrected chi connectivity index (χ1v) is 6.80. The normalized spacial score (nSPS) is 12.4. The van der Waals surface area contributed by atoms with Crippen LogP contribution in [0, 0.1) is 5.41 Å². The summed E-state index contributed by atoms with van der Waals surface area (Å²) >= 11 is 0. The summed E-state index contributed by atoms with van der Waals surface area (Å²) in [5.41, 5.74) is -0.177. The molecule has 0 amide bonds. The summed E-state index contributed by atoms with van der Waals surface area (Å²) in [4.78, 5) is 24.4. The summed E-state index contributed by atoms with van der Waals surface area (Å²) in [6.07, 6.45) is 1.01. The molecule has 0 saturated carbocycles. The van der Waals surface area contributed by atoms with Gasteiger partial charge in [0.25, 0.3) is 0 Å². The molecule has 0 radical (unpaired) electrons. The zero-order valence-electron chi connectivity index (χ0n) is 13.0. The van der Waals surface area contributed by atoms with Gasteiger partial charge in [0.2, 0.25) is 5.78 Å². The van der Waals surface area contributed by atoms with Gasteiger partial charge in [-0.15, -0.1) is 6.58 Å². The predicted molar refractivity (Wildman–Crippen MR) is 81.5 cm³/mol. The third kappa shape index (κ3) is 4.74. The number of ether oxygens (including phenoxy) is 2. The number of hydrogen-bond acceptors (Lipinski definition) is 4. The minimum absolute atomic E-state index is 0.241. The number of ketones is 1. The van der Waals surface area contributed by atoms with Crippen molar-refractivity contribution in [1.29, 1.82) is 0 Å². The van der Waals surface area contributed by atoms with Gasteiger partial charge in [0.1, 0.15) is 5.75 Å². The number of hydrogen-bond donors (Lipinski definition) is 0. The lowest BCUT2D eigenvalue weighted by atomic mass is 9.96. The third-order valence-electron chi connectivity index (χ3n) is 2.91. The average Bonchev–Trinajstić information content (AvgIpc) is 2.45. The second-order valence-corrected chi connectivity index (χ2v) is 5.76. The van der Waals surface area contributed by atoms with E-state index < -0.39 is 17.5 Å². The molecule has 0 heterocycles. The molecule has 4 nitrogen and oxygen atoms in total. The van der Waals surface area contributed by atoms with Crippen molar-refractivity contribution in [2.24, 2.45) is 5.41 Å². The summed E-state index contributed by atoms with van der Waals surface area (Å²) in [5, 5.41) is 0. The molecule has 4 heteroatoms. The molecule has 0 aliphatic carbocycles. The van der Waals surface area contributed by atoms with Crippen molar-refractivity contribution in [3.05, 3.63) is 42.5 Å². The van der Waals surface area contributed by atoms with Crippen molar-refractivity contribution < 1.29 is 19.1 Å². The van der Waals surface area contributed by atoms with Crippen molar-refractivity contribution in [1.82, 2.24) is 0 Å². The molecular weight excluding hydrogens is 268 g/mol. The standard InChI is InChI=1S/C17H22O4/c1-6-7-14(21-16(19)17(2,3)4)15(18)12-8-10-13(20-5)11-9-12/h6,8-11,14H,1,7H2,2-5H3/t14-/m0/s1.